The Balaban J connectivity index is 1.81. The van der Waals surface area contributed by atoms with Crippen molar-refractivity contribution in [3.8, 4) is 17.2 Å². The Morgan fingerprint density at radius 2 is 1.86 bits per heavy atom. The molecule has 5 nitrogen and oxygen atoms in total. The first kappa shape index (κ1) is 14.1. The maximum atomic E-state index is 13.3. The molecule has 0 spiro atoms. The Morgan fingerprint density at radius 1 is 1.14 bits per heavy atom. The van der Waals surface area contributed by atoms with Crippen molar-refractivity contribution >= 4 is 5.97 Å². The highest BCUT2D eigenvalue weighted by Crippen LogP contribution is 2.35. The molecule has 0 saturated heterocycles. The van der Waals surface area contributed by atoms with E-state index in [1.807, 2.05) is 0 Å². The molecule has 0 unspecified atom stereocenters. The highest BCUT2D eigenvalue weighted by Gasteiger charge is 2.17. The SMILES string of the molecule is O=C(O)c1cc(F)c(F)cc1COc1ccc2c(c1)OCO2. The highest BCUT2D eigenvalue weighted by molar-refractivity contribution is 5.89. The number of halogens is 2. The molecular formula is C15H10F2O5. The number of ether oxygens (including phenoxy) is 3. The van der Waals surface area contributed by atoms with Gasteiger partial charge >= 0.3 is 5.97 Å². The number of carbonyl (C=O) groups is 1. The third-order valence-electron chi connectivity index (χ3n) is 3.11. The molecule has 1 N–H and O–H groups in total. The minimum atomic E-state index is -1.36. The van der Waals surface area contributed by atoms with E-state index in [4.69, 9.17) is 19.3 Å². The minimum Gasteiger partial charge on any atom is -0.489 e. The number of aromatic carboxylic acids is 1. The lowest BCUT2D eigenvalue weighted by atomic mass is 10.1. The molecule has 0 fully saturated rings. The second-order valence-corrected chi connectivity index (χ2v) is 4.53. The molecule has 2 aromatic carbocycles. The van der Waals surface area contributed by atoms with Gasteiger partial charge < -0.3 is 19.3 Å². The number of carboxylic acids is 1. The van der Waals surface area contributed by atoms with E-state index in [9.17, 15) is 13.6 Å². The first-order chi connectivity index (χ1) is 10.5. The summed E-state index contributed by atoms with van der Waals surface area (Å²) in [5.74, 6) is -2.24. The number of hydrogen-bond acceptors (Lipinski definition) is 4. The molecule has 0 amide bonds. The van der Waals surface area contributed by atoms with Gasteiger partial charge in [0.05, 0.1) is 5.56 Å². The fourth-order valence-corrected chi connectivity index (χ4v) is 2.03. The summed E-state index contributed by atoms with van der Waals surface area (Å²) < 4.78 is 42.1. The predicted octanol–water partition coefficient (Wildman–Crippen LogP) is 2.97. The molecule has 1 aliphatic heterocycles. The van der Waals surface area contributed by atoms with Crippen LogP contribution in [-0.2, 0) is 6.61 Å². The molecule has 1 aliphatic rings. The van der Waals surface area contributed by atoms with Crippen molar-refractivity contribution in [1.29, 1.82) is 0 Å². The summed E-state index contributed by atoms with van der Waals surface area (Å²) >= 11 is 0. The Morgan fingerprint density at radius 3 is 2.64 bits per heavy atom. The van der Waals surface area contributed by atoms with Crippen molar-refractivity contribution in [3.63, 3.8) is 0 Å². The van der Waals surface area contributed by atoms with Crippen molar-refractivity contribution in [3.05, 3.63) is 53.1 Å². The lowest BCUT2D eigenvalue weighted by Gasteiger charge is -2.10. The topological polar surface area (TPSA) is 65.0 Å². The number of hydrogen-bond donors (Lipinski definition) is 1. The van der Waals surface area contributed by atoms with Gasteiger partial charge in [0.15, 0.2) is 23.1 Å². The third kappa shape index (κ3) is 2.65. The number of rotatable bonds is 4. The summed E-state index contributed by atoms with van der Waals surface area (Å²) in [5, 5.41) is 9.02. The Hall–Kier alpha value is -2.83. The van der Waals surface area contributed by atoms with E-state index < -0.39 is 17.6 Å². The van der Waals surface area contributed by atoms with Crippen LogP contribution in [0.5, 0.6) is 17.2 Å². The first-order valence-electron chi connectivity index (χ1n) is 6.28. The fourth-order valence-electron chi connectivity index (χ4n) is 2.03. The van der Waals surface area contributed by atoms with Gasteiger partial charge in [0, 0.05) is 11.6 Å². The van der Waals surface area contributed by atoms with Gasteiger partial charge in [-0.2, -0.15) is 0 Å². The second kappa shape index (κ2) is 5.51. The standard InChI is InChI=1S/C15H10F2O5/c16-11-3-8(10(15(18)19)5-12(11)17)6-20-9-1-2-13-14(4-9)22-7-21-13/h1-5H,6-7H2,(H,18,19). The average Bonchev–Trinajstić information content (AvgIpc) is 2.95. The van der Waals surface area contributed by atoms with Gasteiger partial charge in [-0.3, -0.25) is 0 Å². The highest BCUT2D eigenvalue weighted by atomic mass is 19.2. The lowest BCUT2D eigenvalue weighted by molar-refractivity contribution is 0.0693. The monoisotopic (exact) mass is 308 g/mol. The molecule has 0 saturated carbocycles. The summed E-state index contributed by atoms with van der Waals surface area (Å²) in [6.45, 7) is -0.108. The van der Waals surface area contributed by atoms with Gasteiger partial charge in [0.1, 0.15) is 12.4 Å². The van der Waals surface area contributed by atoms with Crippen molar-refractivity contribution in [2.75, 3.05) is 6.79 Å². The molecule has 2 aromatic rings. The van der Waals surface area contributed by atoms with E-state index in [1.165, 1.54) is 0 Å². The van der Waals surface area contributed by atoms with Crippen LogP contribution in [0.3, 0.4) is 0 Å². The normalized spacial score (nSPS) is 12.3. The predicted molar refractivity (Wildman–Crippen MR) is 70.2 cm³/mol. The number of benzene rings is 2. The fraction of sp³-hybridized carbons (Fsp3) is 0.133. The van der Waals surface area contributed by atoms with E-state index in [-0.39, 0.29) is 24.5 Å². The van der Waals surface area contributed by atoms with Crippen LogP contribution in [0, 0.1) is 11.6 Å². The Kier molecular flexibility index (Phi) is 3.54. The van der Waals surface area contributed by atoms with Crippen LogP contribution in [0.25, 0.3) is 0 Å². The van der Waals surface area contributed by atoms with Crippen LogP contribution >= 0.6 is 0 Å². The molecule has 3 rings (SSSR count). The molecule has 0 bridgehead atoms. The summed E-state index contributed by atoms with van der Waals surface area (Å²) in [5.41, 5.74) is -0.316. The van der Waals surface area contributed by atoms with Gasteiger partial charge in [0.2, 0.25) is 6.79 Å². The quantitative estimate of drug-likeness (QED) is 0.940. The van der Waals surface area contributed by atoms with Crippen LogP contribution in [0.2, 0.25) is 0 Å². The molecule has 1 heterocycles. The summed E-state index contributed by atoms with van der Waals surface area (Å²) in [6.07, 6.45) is 0. The minimum absolute atomic E-state index is 0.0315. The van der Waals surface area contributed by atoms with Crippen LogP contribution < -0.4 is 14.2 Å². The smallest absolute Gasteiger partial charge is 0.336 e. The first-order valence-corrected chi connectivity index (χ1v) is 6.28. The second-order valence-electron chi connectivity index (χ2n) is 4.53. The van der Waals surface area contributed by atoms with E-state index in [2.05, 4.69) is 0 Å². The Labute approximate surface area is 123 Å². The zero-order chi connectivity index (χ0) is 15.7. The zero-order valence-corrected chi connectivity index (χ0v) is 11.1. The van der Waals surface area contributed by atoms with Gasteiger partial charge in [-0.1, -0.05) is 0 Å². The maximum absolute atomic E-state index is 13.3. The van der Waals surface area contributed by atoms with Gasteiger partial charge in [-0.15, -0.1) is 0 Å². The third-order valence-corrected chi connectivity index (χ3v) is 3.11. The van der Waals surface area contributed by atoms with Crippen LogP contribution in [0.4, 0.5) is 8.78 Å². The van der Waals surface area contributed by atoms with Crippen molar-refractivity contribution in [2.24, 2.45) is 0 Å². The summed E-state index contributed by atoms with van der Waals surface area (Å²) in [7, 11) is 0. The molecule has 114 valence electrons. The maximum Gasteiger partial charge on any atom is 0.336 e. The number of fused-ring (bicyclic) bond motifs is 1. The molecule has 0 aromatic heterocycles. The Bertz CT molecular complexity index is 745. The summed E-state index contributed by atoms with van der Waals surface area (Å²) in [4.78, 5) is 11.1. The molecule has 0 atom stereocenters. The molecule has 0 radical (unpaired) electrons. The van der Waals surface area contributed by atoms with Crippen LogP contribution in [0.15, 0.2) is 30.3 Å². The van der Waals surface area contributed by atoms with E-state index in [0.29, 0.717) is 23.3 Å². The van der Waals surface area contributed by atoms with Crippen LogP contribution in [-0.4, -0.2) is 17.9 Å². The van der Waals surface area contributed by atoms with Crippen LogP contribution in [0.1, 0.15) is 15.9 Å². The largest absolute Gasteiger partial charge is 0.489 e. The average molecular weight is 308 g/mol. The van der Waals surface area contributed by atoms with Crippen molar-refractivity contribution in [2.45, 2.75) is 6.61 Å². The van der Waals surface area contributed by atoms with E-state index >= 15 is 0 Å². The number of carboxylic acid groups (broad SMARTS) is 1. The van der Waals surface area contributed by atoms with E-state index in [1.54, 1.807) is 18.2 Å². The molecule has 7 heteroatoms. The molecule has 22 heavy (non-hydrogen) atoms. The summed E-state index contributed by atoms with van der Waals surface area (Å²) in [6, 6.07) is 6.26. The lowest BCUT2D eigenvalue weighted by Crippen LogP contribution is -2.07. The molecular weight excluding hydrogens is 298 g/mol. The van der Waals surface area contributed by atoms with E-state index in [0.717, 1.165) is 6.07 Å². The molecule has 0 aliphatic carbocycles. The van der Waals surface area contributed by atoms with Crippen molar-refractivity contribution in [1.82, 2.24) is 0 Å². The van der Waals surface area contributed by atoms with Crippen molar-refractivity contribution < 1.29 is 32.9 Å². The van der Waals surface area contributed by atoms with Gasteiger partial charge in [-0.05, 0) is 24.3 Å². The van der Waals surface area contributed by atoms with Gasteiger partial charge in [-0.25, -0.2) is 13.6 Å². The zero-order valence-electron chi connectivity index (χ0n) is 11.1. The van der Waals surface area contributed by atoms with Gasteiger partial charge in [0.25, 0.3) is 0 Å².